The Hall–Kier alpha value is -0.393. The third-order valence-corrected chi connectivity index (χ3v) is 7.64. The van der Waals surface area contributed by atoms with Crippen LogP contribution in [0, 0.1) is 0 Å². The van der Waals surface area contributed by atoms with Gasteiger partial charge in [-0.1, -0.05) is 20.8 Å². The Morgan fingerprint density at radius 3 is 1.94 bits per heavy atom. The molecule has 5 heteroatoms. The summed E-state index contributed by atoms with van der Waals surface area (Å²) in [7, 11) is -1.86. The van der Waals surface area contributed by atoms with E-state index >= 15 is 0 Å². The van der Waals surface area contributed by atoms with Gasteiger partial charge in [0.05, 0.1) is 6.61 Å². The van der Waals surface area contributed by atoms with Gasteiger partial charge >= 0.3 is 5.97 Å². The van der Waals surface area contributed by atoms with Crippen molar-refractivity contribution in [3.05, 3.63) is 0 Å². The molecule has 0 fully saturated rings. The van der Waals surface area contributed by atoms with Gasteiger partial charge in [-0.2, -0.15) is 0 Å². The zero-order valence-corrected chi connectivity index (χ0v) is 14.1. The lowest BCUT2D eigenvalue weighted by Crippen LogP contribution is -2.47. The molecule has 0 bridgehead atoms. The molecule has 0 radical (unpaired) electrons. The molecule has 108 valence electrons. The molecule has 0 heterocycles. The number of nitrogens with two attached hydrogens (primary N) is 1. The van der Waals surface area contributed by atoms with Crippen LogP contribution in [-0.2, 0) is 14.0 Å². The maximum atomic E-state index is 11.7. The third kappa shape index (κ3) is 5.98. The molecule has 0 aromatic rings. The molecule has 0 aliphatic carbocycles. The van der Waals surface area contributed by atoms with Crippen LogP contribution in [-0.4, -0.2) is 32.5 Å². The second kappa shape index (κ2) is 5.71. The summed E-state index contributed by atoms with van der Waals surface area (Å²) in [5, 5.41) is 0.112. The van der Waals surface area contributed by atoms with E-state index in [2.05, 4.69) is 33.9 Å². The Bertz CT molecular complexity index is 290. The predicted molar refractivity (Wildman–Crippen MR) is 77.0 cm³/mol. The van der Waals surface area contributed by atoms with Crippen molar-refractivity contribution in [2.75, 3.05) is 6.61 Å². The molecular formula is C13H29NO3Si. The van der Waals surface area contributed by atoms with Crippen molar-refractivity contribution < 1.29 is 14.0 Å². The maximum absolute atomic E-state index is 11.7. The van der Waals surface area contributed by atoms with Gasteiger partial charge < -0.3 is 14.9 Å². The monoisotopic (exact) mass is 275 g/mol. The van der Waals surface area contributed by atoms with Gasteiger partial charge in [0.2, 0.25) is 0 Å². The van der Waals surface area contributed by atoms with E-state index in [1.165, 1.54) is 0 Å². The fourth-order valence-corrected chi connectivity index (χ4v) is 1.99. The van der Waals surface area contributed by atoms with Crippen molar-refractivity contribution >= 4 is 14.3 Å². The molecule has 0 saturated carbocycles. The van der Waals surface area contributed by atoms with Gasteiger partial charge in [0, 0.05) is 0 Å². The van der Waals surface area contributed by atoms with Crippen molar-refractivity contribution in [1.82, 2.24) is 0 Å². The molecule has 0 aliphatic heterocycles. The quantitative estimate of drug-likeness (QED) is 0.633. The molecule has 1 atom stereocenters. The van der Waals surface area contributed by atoms with Crippen molar-refractivity contribution in [3.63, 3.8) is 0 Å². The third-order valence-electron chi connectivity index (χ3n) is 3.14. The summed E-state index contributed by atoms with van der Waals surface area (Å²) in [6.07, 6.45) is 0. The molecule has 0 saturated heterocycles. The van der Waals surface area contributed by atoms with Crippen molar-refractivity contribution in [3.8, 4) is 0 Å². The van der Waals surface area contributed by atoms with Gasteiger partial charge in [0.15, 0.2) is 8.32 Å². The smallest absolute Gasteiger partial charge is 0.325 e. The number of carbonyl (C=O) groups excluding carboxylic acids is 1. The summed E-state index contributed by atoms with van der Waals surface area (Å²) in [6.45, 7) is 16.4. The average molecular weight is 275 g/mol. The van der Waals surface area contributed by atoms with Gasteiger partial charge in [-0.15, -0.1) is 0 Å². The molecule has 18 heavy (non-hydrogen) atoms. The van der Waals surface area contributed by atoms with Gasteiger partial charge in [0.1, 0.15) is 11.6 Å². The van der Waals surface area contributed by atoms with E-state index in [1.54, 1.807) is 0 Å². The van der Waals surface area contributed by atoms with Gasteiger partial charge in [-0.3, -0.25) is 4.79 Å². The van der Waals surface area contributed by atoms with Crippen LogP contribution in [0.15, 0.2) is 0 Å². The van der Waals surface area contributed by atoms with Gasteiger partial charge in [-0.25, -0.2) is 0 Å². The largest absolute Gasteiger partial charge is 0.459 e. The average Bonchev–Trinajstić information content (AvgIpc) is 2.09. The van der Waals surface area contributed by atoms with Crippen molar-refractivity contribution in [2.24, 2.45) is 5.73 Å². The first-order valence-corrected chi connectivity index (χ1v) is 9.29. The summed E-state index contributed by atoms with van der Waals surface area (Å²) in [5.41, 5.74) is 5.29. The Balaban J connectivity index is 4.35. The summed E-state index contributed by atoms with van der Waals surface area (Å²) in [6, 6.07) is -0.710. The highest BCUT2D eigenvalue weighted by Gasteiger charge is 2.38. The lowest BCUT2D eigenvalue weighted by Gasteiger charge is -2.36. The zero-order chi connectivity index (χ0) is 14.8. The number of carbonyl (C=O) groups is 1. The molecule has 4 nitrogen and oxygen atoms in total. The maximum Gasteiger partial charge on any atom is 0.325 e. The van der Waals surface area contributed by atoms with Crippen LogP contribution in [0.5, 0.6) is 0 Å². The summed E-state index contributed by atoms with van der Waals surface area (Å²) < 4.78 is 11.1. The molecule has 2 N–H and O–H groups in total. The van der Waals surface area contributed by atoms with Crippen LogP contribution < -0.4 is 5.73 Å². The molecule has 0 aromatic heterocycles. The van der Waals surface area contributed by atoms with E-state index in [9.17, 15) is 4.79 Å². The summed E-state index contributed by atoms with van der Waals surface area (Å²) >= 11 is 0. The van der Waals surface area contributed by atoms with Crippen LogP contribution in [0.1, 0.15) is 41.5 Å². The Morgan fingerprint density at radius 1 is 1.17 bits per heavy atom. The Kier molecular flexibility index (Phi) is 5.59. The van der Waals surface area contributed by atoms with E-state index in [4.69, 9.17) is 14.9 Å². The number of ether oxygens (including phenoxy) is 1. The fraction of sp³-hybridized carbons (Fsp3) is 0.923. The molecule has 0 amide bonds. The van der Waals surface area contributed by atoms with Crippen LogP contribution in [0.3, 0.4) is 0 Å². The predicted octanol–water partition coefficient (Wildman–Crippen LogP) is 2.68. The van der Waals surface area contributed by atoms with E-state index < -0.39 is 25.9 Å². The second-order valence-electron chi connectivity index (χ2n) is 7.21. The Morgan fingerprint density at radius 2 is 1.61 bits per heavy atom. The molecule has 0 aromatic carbocycles. The van der Waals surface area contributed by atoms with Crippen LogP contribution >= 0.6 is 0 Å². The summed E-state index contributed by atoms with van der Waals surface area (Å²) in [4.78, 5) is 11.7. The first kappa shape index (κ1) is 17.6. The molecule has 0 spiro atoms. The Labute approximate surface area is 112 Å². The topological polar surface area (TPSA) is 61.5 Å². The summed E-state index contributed by atoms with van der Waals surface area (Å²) in [5.74, 6) is -0.402. The van der Waals surface area contributed by atoms with Crippen molar-refractivity contribution in [1.29, 1.82) is 0 Å². The molecular weight excluding hydrogens is 246 g/mol. The van der Waals surface area contributed by atoms with E-state index in [1.807, 2.05) is 20.8 Å². The SMILES string of the molecule is CC(C)(C)OC(=O)[C@@H](N)CO[Si](C)(C)C(C)(C)C. The van der Waals surface area contributed by atoms with Crippen LogP contribution in [0.2, 0.25) is 18.1 Å². The minimum Gasteiger partial charge on any atom is -0.459 e. The minimum absolute atomic E-state index is 0.112. The molecule has 0 unspecified atom stereocenters. The lowest BCUT2D eigenvalue weighted by molar-refractivity contribution is -0.157. The highest BCUT2D eigenvalue weighted by molar-refractivity contribution is 6.74. The van der Waals surface area contributed by atoms with E-state index in [-0.39, 0.29) is 11.6 Å². The molecule has 0 rings (SSSR count). The van der Waals surface area contributed by atoms with Crippen molar-refractivity contribution in [2.45, 2.75) is 71.3 Å². The molecule has 0 aliphatic rings. The second-order valence-corrected chi connectivity index (χ2v) is 12.0. The number of hydrogen-bond acceptors (Lipinski definition) is 4. The highest BCUT2D eigenvalue weighted by atomic mass is 28.4. The number of rotatable bonds is 4. The number of esters is 1. The van der Waals surface area contributed by atoms with Crippen LogP contribution in [0.4, 0.5) is 0 Å². The first-order chi connectivity index (χ1) is 7.76. The normalized spacial score (nSPS) is 15.4. The van der Waals surface area contributed by atoms with Crippen LogP contribution in [0.25, 0.3) is 0 Å². The number of hydrogen-bond donors (Lipinski definition) is 1. The minimum atomic E-state index is -1.86. The highest BCUT2D eigenvalue weighted by Crippen LogP contribution is 2.36. The first-order valence-electron chi connectivity index (χ1n) is 6.39. The zero-order valence-electron chi connectivity index (χ0n) is 13.1. The standard InChI is InChI=1S/C13H29NO3Si/c1-12(2,3)17-11(15)10(14)9-16-18(7,8)13(4,5)6/h10H,9,14H2,1-8H3/t10-/m0/s1. The van der Waals surface area contributed by atoms with Gasteiger partial charge in [0.25, 0.3) is 0 Å². The van der Waals surface area contributed by atoms with E-state index in [0.717, 1.165) is 0 Å². The lowest BCUT2D eigenvalue weighted by atomic mass is 10.2. The fourth-order valence-electron chi connectivity index (χ4n) is 0.960. The van der Waals surface area contributed by atoms with E-state index in [0.29, 0.717) is 0 Å². The van der Waals surface area contributed by atoms with Gasteiger partial charge in [-0.05, 0) is 38.9 Å².